The summed E-state index contributed by atoms with van der Waals surface area (Å²) >= 11 is 5.80. The van der Waals surface area contributed by atoms with Crippen LogP contribution in [0.15, 0.2) is 43.2 Å². The van der Waals surface area contributed by atoms with Gasteiger partial charge in [-0.2, -0.15) is 0 Å². The summed E-state index contributed by atoms with van der Waals surface area (Å²) in [6, 6.07) is 5.23. The maximum absolute atomic E-state index is 12.9. The minimum atomic E-state index is -0.188. The Kier molecular flexibility index (Phi) is 5.35. The number of amides is 2. The SMILES string of the molecule is C=CC(=O)N1CCOc2cc(C(=O)N3CCC(Nc4ncc(Cl)cn4)C3)ccc21. The Morgan fingerprint density at radius 3 is 2.83 bits per heavy atom. The van der Waals surface area contributed by atoms with Gasteiger partial charge in [0.1, 0.15) is 12.4 Å². The van der Waals surface area contributed by atoms with Crippen LogP contribution in [0.4, 0.5) is 11.6 Å². The summed E-state index contributed by atoms with van der Waals surface area (Å²) in [6.07, 6.45) is 5.13. The van der Waals surface area contributed by atoms with Gasteiger partial charge in [0.25, 0.3) is 11.8 Å². The molecule has 29 heavy (non-hydrogen) atoms. The molecule has 2 aromatic rings. The highest BCUT2D eigenvalue weighted by atomic mass is 35.5. The standard InChI is InChI=1S/C20H20ClN5O3/c1-2-18(27)26-7-8-29-17-9-13(3-4-16(17)26)19(28)25-6-5-15(12-25)24-20-22-10-14(21)11-23-20/h2-4,9-11,15H,1,5-8,12H2,(H,22,23,24). The molecule has 2 aliphatic heterocycles. The average Bonchev–Trinajstić information content (AvgIpc) is 3.22. The van der Waals surface area contributed by atoms with Gasteiger partial charge in [-0.05, 0) is 30.7 Å². The second kappa shape index (κ2) is 8.08. The van der Waals surface area contributed by atoms with Gasteiger partial charge in [-0.15, -0.1) is 0 Å². The van der Waals surface area contributed by atoms with Gasteiger partial charge in [-0.3, -0.25) is 9.59 Å². The Morgan fingerprint density at radius 2 is 2.07 bits per heavy atom. The van der Waals surface area contributed by atoms with Crippen LogP contribution >= 0.6 is 11.6 Å². The molecule has 2 aliphatic rings. The summed E-state index contributed by atoms with van der Waals surface area (Å²) in [5.41, 5.74) is 1.18. The van der Waals surface area contributed by atoms with Gasteiger partial charge >= 0.3 is 0 Å². The van der Waals surface area contributed by atoms with Crippen LogP contribution in [0.5, 0.6) is 5.75 Å². The van der Waals surface area contributed by atoms with Crippen LogP contribution in [0, 0.1) is 0 Å². The third-order valence-electron chi connectivity index (χ3n) is 4.94. The molecule has 0 aliphatic carbocycles. The van der Waals surface area contributed by atoms with E-state index in [0.29, 0.717) is 54.2 Å². The highest BCUT2D eigenvalue weighted by Crippen LogP contribution is 2.33. The molecule has 3 heterocycles. The minimum Gasteiger partial charge on any atom is -0.490 e. The number of ether oxygens (including phenoxy) is 1. The lowest BCUT2D eigenvalue weighted by atomic mass is 10.1. The number of benzene rings is 1. The Hall–Kier alpha value is -3.13. The number of nitrogens with one attached hydrogen (secondary N) is 1. The molecule has 150 valence electrons. The molecule has 0 spiro atoms. The number of hydrogen-bond donors (Lipinski definition) is 1. The van der Waals surface area contributed by atoms with E-state index in [4.69, 9.17) is 16.3 Å². The van der Waals surface area contributed by atoms with E-state index >= 15 is 0 Å². The number of anilines is 2. The Bertz CT molecular complexity index is 950. The monoisotopic (exact) mass is 413 g/mol. The first-order valence-electron chi connectivity index (χ1n) is 9.29. The Labute approximate surface area is 173 Å². The zero-order chi connectivity index (χ0) is 20.4. The first kappa shape index (κ1) is 19.2. The molecule has 1 fully saturated rings. The molecular weight excluding hydrogens is 394 g/mol. The van der Waals surface area contributed by atoms with E-state index in [1.54, 1.807) is 28.0 Å². The van der Waals surface area contributed by atoms with Crippen molar-refractivity contribution in [2.75, 3.05) is 36.5 Å². The number of fused-ring (bicyclic) bond motifs is 1. The van der Waals surface area contributed by atoms with Gasteiger partial charge in [0.15, 0.2) is 0 Å². The minimum absolute atomic E-state index is 0.0645. The summed E-state index contributed by atoms with van der Waals surface area (Å²) in [6.45, 7) is 5.54. The van der Waals surface area contributed by atoms with E-state index in [2.05, 4.69) is 21.9 Å². The third kappa shape index (κ3) is 4.02. The maximum Gasteiger partial charge on any atom is 0.254 e. The fraction of sp³-hybridized carbons (Fsp3) is 0.300. The number of halogens is 1. The van der Waals surface area contributed by atoms with Crippen molar-refractivity contribution in [1.29, 1.82) is 0 Å². The van der Waals surface area contributed by atoms with Crippen LogP contribution in [-0.4, -0.2) is 59.0 Å². The second-order valence-electron chi connectivity index (χ2n) is 6.83. The second-order valence-corrected chi connectivity index (χ2v) is 7.27. The molecule has 4 rings (SSSR count). The predicted octanol–water partition coefficient (Wildman–Crippen LogP) is 2.37. The van der Waals surface area contributed by atoms with Crippen LogP contribution in [-0.2, 0) is 4.79 Å². The van der Waals surface area contributed by atoms with E-state index in [9.17, 15) is 9.59 Å². The van der Waals surface area contributed by atoms with Crippen LogP contribution in [0.1, 0.15) is 16.8 Å². The van der Waals surface area contributed by atoms with Crippen molar-refractivity contribution < 1.29 is 14.3 Å². The molecule has 0 saturated carbocycles. The van der Waals surface area contributed by atoms with Gasteiger partial charge < -0.3 is 19.9 Å². The zero-order valence-corrected chi connectivity index (χ0v) is 16.4. The molecule has 0 radical (unpaired) electrons. The molecule has 2 amide bonds. The topological polar surface area (TPSA) is 87.7 Å². The van der Waals surface area contributed by atoms with E-state index in [1.165, 1.54) is 18.5 Å². The summed E-state index contributed by atoms with van der Waals surface area (Å²) in [5.74, 6) is 0.750. The Morgan fingerprint density at radius 1 is 1.28 bits per heavy atom. The number of nitrogens with zero attached hydrogens (tertiary/aromatic N) is 4. The van der Waals surface area contributed by atoms with E-state index in [1.807, 2.05) is 0 Å². The predicted molar refractivity (Wildman–Crippen MR) is 109 cm³/mol. The summed E-state index contributed by atoms with van der Waals surface area (Å²) in [4.78, 5) is 36.6. The maximum atomic E-state index is 12.9. The first-order chi connectivity index (χ1) is 14.0. The molecule has 1 aromatic carbocycles. The number of rotatable bonds is 4. The van der Waals surface area contributed by atoms with Crippen LogP contribution in [0.25, 0.3) is 0 Å². The normalized spacial score (nSPS) is 18.0. The van der Waals surface area contributed by atoms with Gasteiger partial charge in [0, 0.05) is 24.7 Å². The number of carbonyl (C=O) groups is 2. The zero-order valence-electron chi connectivity index (χ0n) is 15.7. The molecule has 1 saturated heterocycles. The van der Waals surface area contributed by atoms with Crippen molar-refractivity contribution in [3.8, 4) is 5.75 Å². The van der Waals surface area contributed by atoms with Gasteiger partial charge in [-0.25, -0.2) is 9.97 Å². The van der Waals surface area contributed by atoms with Crippen LogP contribution < -0.4 is 15.0 Å². The molecule has 1 atom stereocenters. The molecule has 1 aromatic heterocycles. The molecule has 0 bridgehead atoms. The van der Waals surface area contributed by atoms with Crippen molar-refractivity contribution in [3.05, 3.63) is 53.8 Å². The van der Waals surface area contributed by atoms with Gasteiger partial charge in [-0.1, -0.05) is 18.2 Å². The van der Waals surface area contributed by atoms with E-state index in [-0.39, 0.29) is 17.9 Å². The number of carbonyl (C=O) groups excluding carboxylic acids is 2. The lowest BCUT2D eigenvalue weighted by Crippen LogP contribution is -2.37. The van der Waals surface area contributed by atoms with Crippen LogP contribution in [0.3, 0.4) is 0 Å². The molecular formula is C20H20ClN5O3. The summed E-state index contributed by atoms with van der Waals surface area (Å²) < 4.78 is 5.67. The lowest BCUT2D eigenvalue weighted by molar-refractivity contribution is -0.114. The quantitative estimate of drug-likeness (QED) is 0.774. The molecule has 9 heteroatoms. The van der Waals surface area contributed by atoms with Crippen molar-refractivity contribution in [2.45, 2.75) is 12.5 Å². The smallest absolute Gasteiger partial charge is 0.254 e. The van der Waals surface area contributed by atoms with E-state index in [0.717, 1.165) is 6.42 Å². The molecule has 8 nitrogen and oxygen atoms in total. The highest BCUT2D eigenvalue weighted by Gasteiger charge is 2.29. The van der Waals surface area contributed by atoms with Gasteiger partial charge in [0.05, 0.1) is 29.6 Å². The summed E-state index contributed by atoms with van der Waals surface area (Å²) in [7, 11) is 0. The van der Waals surface area contributed by atoms with Crippen molar-refractivity contribution in [1.82, 2.24) is 14.9 Å². The lowest BCUT2D eigenvalue weighted by Gasteiger charge is -2.29. The largest absolute Gasteiger partial charge is 0.490 e. The van der Waals surface area contributed by atoms with E-state index < -0.39 is 0 Å². The Balaban J connectivity index is 1.44. The van der Waals surface area contributed by atoms with Crippen molar-refractivity contribution in [2.24, 2.45) is 0 Å². The fourth-order valence-electron chi connectivity index (χ4n) is 3.51. The molecule has 1 N–H and O–H groups in total. The number of likely N-dealkylation sites (tertiary alicyclic amines) is 1. The highest BCUT2D eigenvalue weighted by molar-refractivity contribution is 6.30. The number of aromatic nitrogens is 2. The fourth-order valence-corrected chi connectivity index (χ4v) is 3.60. The first-order valence-corrected chi connectivity index (χ1v) is 9.67. The average molecular weight is 414 g/mol. The third-order valence-corrected chi connectivity index (χ3v) is 5.13. The van der Waals surface area contributed by atoms with Crippen molar-refractivity contribution in [3.63, 3.8) is 0 Å². The van der Waals surface area contributed by atoms with Crippen LogP contribution in [0.2, 0.25) is 5.02 Å². The summed E-state index contributed by atoms with van der Waals surface area (Å²) in [5, 5.41) is 3.70. The van der Waals surface area contributed by atoms with Crippen molar-refractivity contribution >= 4 is 35.1 Å². The van der Waals surface area contributed by atoms with Gasteiger partial charge in [0.2, 0.25) is 5.95 Å². The molecule has 1 unspecified atom stereocenters. The number of hydrogen-bond acceptors (Lipinski definition) is 6.